The molecule has 4 atom stereocenters. The third-order valence-electron chi connectivity index (χ3n) is 7.30. The first-order valence-electron chi connectivity index (χ1n) is 11.0. The first-order chi connectivity index (χ1) is 14.7. The molecule has 30 heavy (non-hydrogen) atoms. The van der Waals surface area contributed by atoms with Gasteiger partial charge in [0.2, 0.25) is 0 Å². The fraction of sp³-hybridized carbons (Fsp3) is 0.480. The molecule has 2 aliphatic carbocycles. The topological polar surface area (TPSA) is 33.7 Å². The normalized spacial score (nSPS) is 26.9. The molecule has 0 saturated heterocycles. The van der Waals surface area contributed by atoms with E-state index < -0.39 is 0 Å². The van der Waals surface area contributed by atoms with Gasteiger partial charge in [-0.1, -0.05) is 36.8 Å². The molecule has 3 aliphatic rings. The van der Waals surface area contributed by atoms with Crippen molar-refractivity contribution < 1.29 is 9.47 Å². The number of hydrogen-bond acceptors (Lipinski definition) is 3. The number of methoxy groups -OCH3 is 2. The molecule has 0 spiro atoms. The minimum Gasteiger partial charge on any atom is -0.493 e. The van der Waals surface area contributed by atoms with Crippen LogP contribution in [0, 0.1) is 11.8 Å². The Bertz CT molecular complexity index is 932. The van der Waals surface area contributed by atoms with Crippen molar-refractivity contribution in [2.45, 2.75) is 44.2 Å². The molecule has 2 saturated carbocycles. The summed E-state index contributed by atoms with van der Waals surface area (Å²) in [5, 5.41) is 4.65. The highest BCUT2D eigenvalue weighted by Crippen LogP contribution is 2.45. The number of fused-ring (bicyclic) bond motifs is 3. The van der Waals surface area contributed by atoms with Crippen molar-refractivity contribution in [1.29, 1.82) is 0 Å². The van der Waals surface area contributed by atoms with E-state index in [9.17, 15) is 0 Å². The minimum absolute atomic E-state index is 0.0772. The molecule has 1 aliphatic heterocycles. The molecule has 4 nitrogen and oxygen atoms in total. The van der Waals surface area contributed by atoms with Crippen LogP contribution in [0.1, 0.15) is 48.4 Å². The summed E-state index contributed by atoms with van der Waals surface area (Å²) in [6, 6.07) is 15.6. The van der Waals surface area contributed by atoms with Crippen LogP contribution in [0.4, 0.5) is 0 Å². The SMILES string of the molecule is COc1cc2c(cc1OC)[C@H](c1ccccc1)N(C(=S)N[C@H]1C[C@H]3CC[C@H]1C3)CC2. The van der Waals surface area contributed by atoms with E-state index in [1.807, 2.05) is 0 Å². The van der Waals surface area contributed by atoms with Crippen molar-refractivity contribution in [3.05, 3.63) is 59.2 Å². The Balaban J connectivity index is 1.49. The van der Waals surface area contributed by atoms with Gasteiger partial charge < -0.3 is 19.7 Å². The second-order valence-electron chi connectivity index (χ2n) is 8.89. The zero-order valence-electron chi connectivity index (χ0n) is 17.8. The standard InChI is InChI=1S/C25H30N2O2S/c1-28-22-14-18-10-11-27(25(30)26-21-13-16-8-9-19(21)12-16)24(17-6-4-3-5-7-17)20(18)15-23(22)29-2/h3-7,14-16,19,21,24H,8-13H2,1-2H3,(H,26,30)/t16-,19-,21-,24-/m0/s1. The first-order valence-corrected chi connectivity index (χ1v) is 11.5. The predicted molar refractivity (Wildman–Crippen MR) is 123 cm³/mol. The maximum atomic E-state index is 6.00. The average molecular weight is 423 g/mol. The molecule has 0 amide bonds. The molecule has 2 aromatic carbocycles. The summed E-state index contributed by atoms with van der Waals surface area (Å²) in [7, 11) is 3.39. The van der Waals surface area contributed by atoms with Crippen molar-refractivity contribution >= 4 is 17.3 Å². The molecule has 5 rings (SSSR count). The highest BCUT2D eigenvalue weighted by Gasteiger charge is 2.41. The summed E-state index contributed by atoms with van der Waals surface area (Å²) in [5.41, 5.74) is 3.81. The Kier molecular flexibility index (Phi) is 5.32. The van der Waals surface area contributed by atoms with E-state index in [2.05, 4.69) is 52.7 Å². The molecular formula is C25H30N2O2S. The van der Waals surface area contributed by atoms with Crippen LogP contribution in [0.15, 0.2) is 42.5 Å². The maximum Gasteiger partial charge on any atom is 0.169 e. The second-order valence-corrected chi connectivity index (χ2v) is 9.28. The Labute approximate surface area is 184 Å². The fourth-order valence-corrected chi connectivity index (χ4v) is 6.17. The van der Waals surface area contributed by atoms with Gasteiger partial charge in [0.15, 0.2) is 16.6 Å². The number of rotatable bonds is 4. The molecule has 0 unspecified atom stereocenters. The van der Waals surface area contributed by atoms with Crippen molar-refractivity contribution in [1.82, 2.24) is 10.2 Å². The van der Waals surface area contributed by atoms with Gasteiger partial charge in [-0.05, 0) is 78.6 Å². The maximum absolute atomic E-state index is 6.00. The van der Waals surface area contributed by atoms with E-state index in [1.165, 1.54) is 42.4 Å². The van der Waals surface area contributed by atoms with E-state index >= 15 is 0 Å². The zero-order chi connectivity index (χ0) is 20.7. The van der Waals surface area contributed by atoms with Gasteiger partial charge in [-0.3, -0.25) is 0 Å². The van der Waals surface area contributed by atoms with Crippen molar-refractivity contribution in [3.8, 4) is 11.5 Å². The summed E-state index contributed by atoms with van der Waals surface area (Å²) in [4.78, 5) is 2.38. The lowest BCUT2D eigenvalue weighted by Crippen LogP contribution is -2.50. The molecule has 1 N–H and O–H groups in total. The number of ether oxygens (including phenoxy) is 2. The van der Waals surface area contributed by atoms with Gasteiger partial charge in [-0.25, -0.2) is 0 Å². The van der Waals surface area contributed by atoms with E-state index in [-0.39, 0.29) is 6.04 Å². The predicted octanol–water partition coefficient (Wildman–Crippen LogP) is 4.71. The minimum atomic E-state index is 0.0772. The van der Waals surface area contributed by atoms with Crippen LogP contribution in [-0.2, 0) is 6.42 Å². The third kappa shape index (κ3) is 3.43. The molecule has 5 heteroatoms. The summed E-state index contributed by atoms with van der Waals surface area (Å²) in [6.45, 7) is 0.898. The second kappa shape index (κ2) is 8.10. The van der Waals surface area contributed by atoms with Crippen LogP contribution in [0.2, 0.25) is 0 Å². The van der Waals surface area contributed by atoms with Crippen molar-refractivity contribution in [2.75, 3.05) is 20.8 Å². The summed E-state index contributed by atoms with van der Waals surface area (Å²) >= 11 is 6.00. The molecule has 0 radical (unpaired) electrons. The smallest absolute Gasteiger partial charge is 0.169 e. The fourth-order valence-electron chi connectivity index (χ4n) is 5.82. The van der Waals surface area contributed by atoms with Crippen molar-refractivity contribution in [3.63, 3.8) is 0 Å². The van der Waals surface area contributed by atoms with Crippen LogP contribution in [0.5, 0.6) is 11.5 Å². The average Bonchev–Trinajstić information content (AvgIpc) is 3.41. The van der Waals surface area contributed by atoms with Gasteiger partial charge in [0, 0.05) is 12.6 Å². The van der Waals surface area contributed by atoms with Gasteiger partial charge in [-0.15, -0.1) is 0 Å². The quantitative estimate of drug-likeness (QED) is 0.722. The van der Waals surface area contributed by atoms with Crippen LogP contribution in [0.3, 0.4) is 0 Å². The van der Waals surface area contributed by atoms with Gasteiger partial charge >= 0.3 is 0 Å². The number of nitrogens with zero attached hydrogens (tertiary/aromatic N) is 1. The van der Waals surface area contributed by atoms with Gasteiger partial charge in [0.25, 0.3) is 0 Å². The lowest BCUT2D eigenvalue weighted by molar-refractivity contribution is 0.309. The monoisotopic (exact) mass is 422 g/mol. The zero-order valence-corrected chi connectivity index (χ0v) is 18.6. The van der Waals surface area contributed by atoms with Crippen LogP contribution >= 0.6 is 12.2 Å². The molecule has 1 heterocycles. The van der Waals surface area contributed by atoms with Crippen LogP contribution in [0.25, 0.3) is 0 Å². The lowest BCUT2D eigenvalue weighted by Gasteiger charge is -2.41. The summed E-state index contributed by atoms with van der Waals surface area (Å²) in [6.07, 6.45) is 6.35. The van der Waals surface area contributed by atoms with E-state index in [0.717, 1.165) is 41.4 Å². The lowest BCUT2D eigenvalue weighted by atomic mass is 9.88. The molecular weight excluding hydrogens is 392 g/mol. The van der Waals surface area contributed by atoms with Gasteiger partial charge in [0.1, 0.15) is 0 Å². The number of nitrogens with one attached hydrogen (secondary N) is 1. The molecule has 2 bridgehead atoms. The molecule has 2 aromatic rings. The number of benzene rings is 2. The molecule has 158 valence electrons. The van der Waals surface area contributed by atoms with E-state index in [4.69, 9.17) is 21.7 Å². The Hall–Kier alpha value is -2.27. The number of thiocarbonyl (C=S) groups is 1. The van der Waals surface area contributed by atoms with Gasteiger partial charge in [-0.2, -0.15) is 0 Å². The largest absolute Gasteiger partial charge is 0.493 e. The number of hydrogen-bond donors (Lipinski definition) is 1. The van der Waals surface area contributed by atoms with Crippen LogP contribution < -0.4 is 14.8 Å². The van der Waals surface area contributed by atoms with E-state index in [1.54, 1.807) is 14.2 Å². The Morgan fingerprint density at radius 3 is 2.47 bits per heavy atom. The Morgan fingerprint density at radius 1 is 1.03 bits per heavy atom. The molecule has 0 aromatic heterocycles. The summed E-state index contributed by atoms with van der Waals surface area (Å²) in [5.74, 6) is 3.26. The van der Waals surface area contributed by atoms with Crippen molar-refractivity contribution in [2.24, 2.45) is 11.8 Å². The highest BCUT2D eigenvalue weighted by atomic mass is 32.1. The first kappa shape index (κ1) is 19.7. The van der Waals surface area contributed by atoms with E-state index in [0.29, 0.717) is 6.04 Å². The van der Waals surface area contributed by atoms with Crippen LogP contribution in [-0.4, -0.2) is 36.8 Å². The third-order valence-corrected chi connectivity index (χ3v) is 7.65. The van der Waals surface area contributed by atoms with Gasteiger partial charge in [0.05, 0.1) is 20.3 Å². The highest BCUT2D eigenvalue weighted by molar-refractivity contribution is 7.80. The molecule has 2 fully saturated rings. The Morgan fingerprint density at radius 2 is 1.80 bits per heavy atom. The summed E-state index contributed by atoms with van der Waals surface area (Å²) < 4.78 is 11.2.